The Hall–Kier alpha value is -2.14. The molecule has 0 heterocycles. The Bertz CT molecular complexity index is 1060. The zero-order valence-corrected chi connectivity index (χ0v) is 22.5. The van der Waals surface area contributed by atoms with Crippen LogP contribution in [0.5, 0.6) is 0 Å². The van der Waals surface area contributed by atoms with E-state index in [1.54, 1.807) is 31.2 Å². The fraction of sp³-hybridized carbons (Fsp3) is 0.417. The van der Waals surface area contributed by atoms with Crippen molar-refractivity contribution < 1.29 is 18.0 Å². The predicted octanol–water partition coefficient (Wildman–Crippen LogP) is 3.70. The fourth-order valence-corrected chi connectivity index (χ4v) is 4.56. The van der Waals surface area contributed by atoms with Crippen molar-refractivity contribution >= 4 is 50.1 Å². The lowest BCUT2D eigenvalue weighted by atomic mass is 10.1. The normalized spacial score (nSPS) is 12.2. The molecule has 0 saturated heterocycles. The lowest BCUT2D eigenvalue weighted by Crippen LogP contribution is -2.51. The van der Waals surface area contributed by atoms with Gasteiger partial charge in [-0.05, 0) is 72.7 Å². The Kier molecular flexibility index (Phi) is 10.2. The van der Waals surface area contributed by atoms with Gasteiger partial charge >= 0.3 is 0 Å². The number of halogens is 1. The minimum absolute atomic E-state index is 0.202. The van der Waals surface area contributed by atoms with Crippen LogP contribution in [0.15, 0.2) is 48.5 Å². The van der Waals surface area contributed by atoms with E-state index in [1.807, 2.05) is 38.1 Å². The van der Waals surface area contributed by atoms with Gasteiger partial charge in [-0.3, -0.25) is 13.9 Å². The third-order valence-electron chi connectivity index (χ3n) is 5.23. The number of aryl methyl sites for hydroxylation is 1. The molecule has 2 rings (SSSR count). The molecule has 0 aliphatic heterocycles. The van der Waals surface area contributed by atoms with Crippen LogP contribution in [0.1, 0.15) is 37.8 Å². The number of anilines is 1. The average molecular weight is 586 g/mol. The van der Waals surface area contributed by atoms with Crippen molar-refractivity contribution in [2.24, 2.45) is 0 Å². The molecule has 0 fully saturated rings. The van der Waals surface area contributed by atoms with E-state index in [9.17, 15) is 18.0 Å². The first-order valence-electron chi connectivity index (χ1n) is 10.9. The largest absolute Gasteiger partial charge is 0.354 e. The number of hydrogen-bond acceptors (Lipinski definition) is 4. The molecule has 0 bridgehead atoms. The number of nitrogens with zero attached hydrogens (tertiary/aromatic N) is 2. The molecule has 2 amide bonds. The number of hydrogen-bond donors (Lipinski definition) is 1. The lowest BCUT2D eigenvalue weighted by molar-refractivity contribution is -0.139. The smallest absolute Gasteiger partial charge is 0.244 e. The zero-order valence-electron chi connectivity index (χ0n) is 19.5. The Morgan fingerprint density at radius 3 is 2.36 bits per heavy atom. The van der Waals surface area contributed by atoms with Gasteiger partial charge in [-0.25, -0.2) is 8.42 Å². The van der Waals surface area contributed by atoms with Crippen molar-refractivity contribution in [3.05, 3.63) is 63.2 Å². The van der Waals surface area contributed by atoms with Crippen molar-refractivity contribution in [2.75, 3.05) is 23.7 Å². The summed E-state index contributed by atoms with van der Waals surface area (Å²) in [5.41, 5.74) is 2.31. The minimum atomic E-state index is -3.72. The monoisotopic (exact) mass is 585 g/mol. The number of rotatable bonds is 11. The molecule has 9 heteroatoms. The molecule has 1 atom stereocenters. The van der Waals surface area contributed by atoms with Crippen molar-refractivity contribution in [3.63, 3.8) is 0 Å². The Labute approximate surface area is 210 Å². The SMILES string of the molecule is CCCCNC(=O)C(C)N(Cc1cccc(C)c1)C(=O)CN(c1ccc(I)cc1)S(C)(=O)=O. The van der Waals surface area contributed by atoms with Crippen molar-refractivity contribution in [1.82, 2.24) is 10.2 Å². The second-order valence-corrected chi connectivity index (χ2v) is 11.2. The minimum Gasteiger partial charge on any atom is -0.354 e. The molecule has 2 aromatic rings. The Balaban J connectivity index is 2.33. The molecule has 1 unspecified atom stereocenters. The Morgan fingerprint density at radius 2 is 1.79 bits per heavy atom. The van der Waals surface area contributed by atoms with E-state index in [4.69, 9.17) is 0 Å². The summed E-state index contributed by atoms with van der Waals surface area (Å²) in [6.45, 7) is 6.01. The fourth-order valence-electron chi connectivity index (χ4n) is 3.35. The molecule has 0 aliphatic rings. The molecular weight excluding hydrogens is 553 g/mol. The Morgan fingerprint density at radius 1 is 1.12 bits per heavy atom. The van der Waals surface area contributed by atoms with Gasteiger partial charge in [0, 0.05) is 16.7 Å². The molecule has 0 radical (unpaired) electrons. The number of carbonyl (C=O) groups is 2. The maximum atomic E-state index is 13.4. The second-order valence-electron chi connectivity index (χ2n) is 8.08. The maximum absolute atomic E-state index is 13.4. The number of benzene rings is 2. The summed E-state index contributed by atoms with van der Waals surface area (Å²) in [5, 5.41) is 2.87. The molecule has 0 aliphatic carbocycles. The summed E-state index contributed by atoms with van der Waals surface area (Å²) >= 11 is 2.13. The van der Waals surface area contributed by atoms with Crippen molar-refractivity contribution in [2.45, 2.75) is 46.2 Å². The molecule has 1 N–H and O–H groups in total. The number of unbranched alkanes of at least 4 members (excludes halogenated alkanes) is 1. The summed E-state index contributed by atoms with van der Waals surface area (Å²) in [5.74, 6) is -0.705. The topological polar surface area (TPSA) is 86.8 Å². The van der Waals surface area contributed by atoms with Crippen LogP contribution in [0, 0.1) is 10.5 Å². The van der Waals surface area contributed by atoms with Gasteiger partial charge in [-0.2, -0.15) is 0 Å². The lowest BCUT2D eigenvalue weighted by Gasteiger charge is -2.31. The van der Waals surface area contributed by atoms with Crippen LogP contribution in [0.4, 0.5) is 5.69 Å². The van der Waals surface area contributed by atoms with Crippen LogP contribution in [-0.4, -0.2) is 50.5 Å². The molecule has 33 heavy (non-hydrogen) atoms. The highest BCUT2D eigenvalue weighted by Crippen LogP contribution is 2.20. The van der Waals surface area contributed by atoms with Gasteiger partial charge in [0.2, 0.25) is 21.8 Å². The van der Waals surface area contributed by atoms with E-state index >= 15 is 0 Å². The summed E-state index contributed by atoms with van der Waals surface area (Å²) in [6, 6.07) is 13.8. The van der Waals surface area contributed by atoms with Gasteiger partial charge < -0.3 is 10.2 Å². The molecule has 0 spiro atoms. The van der Waals surface area contributed by atoms with E-state index in [2.05, 4.69) is 27.9 Å². The average Bonchev–Trinajstić information content (AvgIpc) is 2.75. The van der Waals surface area contributed by atoms with Crippen LogP contribution < -0.4 is 9.62 Å². The molecule has 7 nitrogen and oxygen atoms in total. The molecule has 0 saturated carbocycles. The highest BCUT2D eigenvalue weighted by atomic mass is 127. The third kappa shape index (κ3) is 8.29. The molecule has 2 aromatic carbocycles. The summed E-state index contributed by atoms with van der Waals surface area (Å²) in [6.07, 6.45) is 2.86. The third-order valence-corrected chi connectivity index (χ3v) is 7.09. The van der Waals surface area contributed by atoms with E-state index in [-0.39, 0.29) is 12.5 Å². The number of nitrogens with one attached hydrogen (secondary N) is 1. The van der Waals surface area contributed by atoms with Crippen LogP contribution in [0.2, 0.25) is 0 Å². The number of carbonyl (C=O) groups excluding carboxylic acids is 2. The van der Waals surface area contributed by atoms with Crippen LogP contribution in [-0.2, 0) is 26.2 Å². The molecule has 0 aromatic heterocycles. The zero-order chi connectivity index (χ0) is 24.6. The first kappa shape index (κ1) is 27.1. The predicted molar refractivity (Wildman–Crippen MR) is 140 cm³/mol. The van der Waals surface area contributed by atoms with Gasteiger partial charge in [-0.15, -0.1) is 0 Å². The van der Waals surface area contributed by atoms with Gasteiger partial charge in [0.15, 0.2) is 0 Å². The quantitative estimate of drug-likeness (QED) is 0.322. The van der Waals surface area contributed by atoms with Crippen molar-refractivity contribution in [3.8, 4) is 0 Å². The van der Waals surface area contributed by atoms with E-state index in [0.717, 1.165) is 38.1 Å². The molecular formula is C24H32IN3O4S. The van der Waals surface area contributed by atoms with Gasteiger partial charge in [0.05, 0.1) is 11.9 Å². The van der Waals surface area contributed by atoms with Crippen LogP contribution in [0.3, 0.4) is 0 Å². The van der Waals surface area contributed by atoms with Gasteiger partial charge in [0.1, 0.15) is 12.6 Å². The number of amides is 2. The highest BCUT2D eigenvalue weighted by molar-refractivity contribution is 14.1. The van der Waals surface area contributed by atoms with E-state index in [1.165, 1.54) is 4.90 Å². The van der Waals surface area contributed by atoms with Crippen LogP contribution >= 0.6 is 22.6 Å². The van der Waals surface area contributed by atoms with Crippen LogP contribution in [0.25, 0.3) is 0 Å². The summed E-state index contributed by atoms with van der Waals surface area (Å²) < 4.78 is 27.1. The van der Waals surface area contributed by atoms with E-state index < -0.39 is 28.5 Å². The second kappa shape index (κ2) is 12.4. The maximum Gasteiger partial charge on any atom is 0.244 e. The van der Waals surface area contributed by atoms with Gasteiger partial charge in [0.25, 0.3) is 0 Å². The summed E-state index contributed by atoms with van der Waals surface area (Å²) in [7, 11) is -3.72. The molecule has 180 valence electrons. The standard InChI is InChI=1S/C24H32IN3O4S/c1-5-6-14-26-24(30)19(3)27(16-20-9-7-8-18(2)15-20)23(29)17-28(33(4,31)32)22-12-10-21(25)11-13-22/h7-13,15,19H,5-6,14,16-17H2,1-4H3,(H,26,30). The van der Waals surface area contributed by atoms with Crippen molar-refractivity contribution in [1.29, 1.82) is 0 Å². The van der Waals surface area contributed by atoms with Gasteiger partial charge in [-0.1, -0.05) is 43.2 Å². The summed E-state index contributed by atoms with van der Waals surface area (Å²) in [4.78, 5) is 27.7. The first-order chi connectivity index (χ1) is 15.5. The number of sulfonamides is 1. The first-order valence-corrected chi connectivity index (χ1v) is 13.8. The highest BCUT2D eigenvalue weighted by Gasteiger charge is 2.30. The van der Waals surface area contributed by atoms with E-state index in [0.29, 0.717) is 12.2 Å².